The first-order chi connectivity index (χ1) is 13.7. The minimum Gasteiger partial charge on any atom is -0.396 e. The maximum absolute atomic E-state index is 14.6. The lowest BCUT2D eigenvalue weighted by Gasteiger charge is -2.13. The van der Waals surface area contributed by atoms with Gasteiger partial charge in [0.25, 0.3) is 0 Å². The largest absolute Gasteiger partial charge is 0.416 e. The van der Waals surface area contributed by atoms with Gasteiger partial charge >= 0.3 is 6.18 Å². The van der Waals surface area contributed by atoms with E-state index in [2.05, 4.69) is 10.3 Å². The number of nitrogens with one attached hydrogen (secondary N) is 1. The van der Waals surface area contributed by atoms with Crippen molar-refractivity contribution in [2.24, 2.45) is 0 Å². The van der Waals surface area contributed by atoms with E-state index in [0.29, 0.717) is 11.3 Å². The predicted octanol–water partition coefficient (Wildman–Crippen LogP) is 5.79. The van der Waals surface area contributed by atoms with Crippen LogP contribution in [0.25, 0.3) is 16.9 Å². The summed E-state index contributed by atoms with van der Waals surface area (Å²) >= 11 is 0. The average molecular weight is 400 g/mol. The van der Waals surface area contributed by atoms with Gasteiger partial charge in [0.15, 0.2) is 5.82 Å². The number of hydrogen-bond donors (Lipinski definition) is 2. The first-order valence-electron chi connectivity index (χ1n) is 8.71. The molecule has 0 aliphatic heterocycles. The molecule has 0 bridgehead atoms. The molecular weight excluding hydrogens is 384 g/mol. The second-order valence-electron chi connectivity index (χ2n) is 6.60. The minimum absolute atomic E-state index is 0.0602. The number of imidazole rings is 1. The SMILES string of the molecule is Cc1nc2ccccn2c1-c1cc(N)c(F)c(Nc2ccc(C(F)(F)F)cc2)c1. The fourth-order valence-electron chi connectivity index (χ4n) is 3.23. The zero-order chi connectivity index (χ0) is 20.8. The van der Waals surface area contributed by atoms with Crippen molar-refractivity contribution < 1.29 is 17.6 Å². The fourth-order valence-corrected chi connectivity index (χ4v) is 3.23. The summed E-state index contributed by atoms with van der Waals surface area (Å²) in [4.78, 5) is 4.49. The lowest BCUT2D eigenvalue weighted by molar-refractivity contribution is -0.137. The Bertz CT molecular complexity index is 1190. The van der Waals surface area contributed by atoms with Crippen LogP contribution in [0.15, 0.2) is 60.8 Å². The number of aromatic nitrogens is 2. The molecule has 2 aromatic heterocycles. The Kier molecular flexibility index (Phi) is 4.41. The summed E-state index contributed by atoms with van der Waals surface area (Å²) in [5.74, 6) is -0.680. The molecule has 4 aromatic rings. The minimum atomic E-state index is -4.44. The number of aryl methyl sites for hydroxylation is 1. The van der Waals surface area contributed by atoms with Gasteiger partial charge in [0, 0.05) is 17.4 Å². The standard InChI is InChI=1S/C21H16F4N4/c1-12-20(29-9-3-2-4-18(29)27-12)13-10-16(26)19(22)17(11-13)28-15-7-5-14(6-8-15)21(23,24)25/h2-11,28H,26H2,1H3. The van der Waals surface area contributed by atoms with E-state index in [1.54, 1.807) is 6.07 Å². The van der Waals surface area contributed by atoms with Gasteiger partial charge < -0.3 is 11.1 Å². The van der Waals surface area contributed by atoms with Crippen molar-refractivity contribution in [1.29, 1.82) is 0 Å². The molecule has 2 aromatic carbocycles. The van der Waals surface area contributed by atoms with Crippen LogP contribution in [0.5, 0.6) is 0 Å². The molecule has 0 saturated heterocycles. The molecule has 0 aliphatic carbocycles. The molecule has 0 aliphatic rings. The summed E-state index contributed by atoms with van der Waals surface area (Å²) in [5, 5.41) is 2.81. The molecule has 4 rings (SSSR count). The first-order valence-corrected chi connectivity index (χ1v) is 8.71. The third-order valence-corrected chi connectivity index (χ3v) is 4.57. The second kappa shape index (κ2) is 6.80. The number of pyridine rings is 1. The Morgan fingerprint density at radius 1 is 1.03 bits per heavy atom. The molecule has 0 spiro atoms. The maximum atomic E-state index is 14.6. The van der Waals surface area contributed by atoms with Crippen molar-refractivity contribution in [2.75, 3.05) is 11.1 Å². The van der Waals surface area contributed by atoms with Gasteiger partial charge in [-0.2, -0.15) is 13.2 Å². The van der Waals surface area contributed by atoms with Crippen LogP contribution < -0.4 is 11.1 Å². The van der Waals surface area contributed by atoms with E-state index in [0.717, 1.165) is 29.2 Å². The quantitative estimate of drug-likeness (QED) is 0.338. The highest BCUT2D eigenvalue weighted by Crippen LogP contribution is 2.34. The molecule has 3 N–H and O–H groups in total. The van der Waals surface area contributed by atoms with Crippen LogP contribution in [0.4, 0.5) is 34.6 Å². The van der Waals surface area contributed by atoms with Crippen molar-refractivity contribution in [2.45, 2.75) is 13.1 Å². The number of nitrogen functional groups attached to an aromatic ring is 1. The number of nitrogens with two attached hydrogens (primary N) is 1. The van der Waals surface area contributed by atoms with E-state index in [4.69, 9.17) is 5.73 Å². The molecule has 0 saturated carbocycles. The second-order valence-corrected chi connectivity index (χ2v) is 6.60. The van der Waals surface area contributed by atoms with Gasteiger partial charge in [-0.25, -0.2) is 9.37 Å². The number of rotatable bonds is 3. The Morgan fingerprint density at radius 3 is 2.45 bits per heavy atom. The lowest BCUT2D eigenvalue weighted by atomic mass is 10.1. The molecule has 8 heteroatoms. The van der Waals surface area contributed by atoms with Crippen LogP contribution in [0, 0.1) is 12.7 Å². The summed E-state index contributed by atoms with van der Waals surface area (Å²) in [7, 11) is 0. The molecular formula is C21H16F4N4. The number of alkyl halides is 3. The third-order valence-electron chi connectivity index (χ3n) is 4.57. The first kappa shape index (κ1) is 18.8. The number of fused-ring (bicyclic) bond motifs is 1. The smallest absolute Gasteiger partial charge is 0.396 e. The van der Waals surface area contributed by atoms with Gasteiger partial charge in [-0.15, -0.1) is 0 Å². The van der Waals surface area contributed by atoms with Gasteiger partial charge in [-0.1, -0.05) is 6.07 Å². The lowest BCUT2D eigenvalue weighted by Crippen LogP contribution is -2.05. The van der Waals surface area contributed by atoms with Gasteiger partial charge in [0.05, 0.1) is 28.3 Å². The van der Waals surface area contributed by atoms with Gasteiger partial charge in [0.1, 0.15) is 5.65 Å². The van der Waals surface area contributed by atoms with Crippen LogP contribution in [0.2, 0.25) is 0 Å². The molecule has 0 radical (unpaired) electrons. The van der Waals surface area contributed by atoms with Crippen molar-refractivity contribution >= 4 is 22.7 Å². The van der Waals surface area contributed by atoms with Crippen LogP contribution in [-0.2, 0) is 6.18 Å². The average Bonchev–Trinajstić information content (AvgIpc) is 3.00. The van der Waals surface area contributed by atoms with Crippen LogP contribution >= 0.6 is 0 Å². The number of benzene rings is 2. The van der Waals surface area contributed by atoms with E-state index in [1.165, 1.54) is 18.2 Å². The van der Waals surface area contributed by atoms with E-state index < -0.39 is 17.6 Å². The number of halogens is 4. The molecule has 148 valence electrons. The molecule has 0 unspecified atom stereocenters. The van der Waals surface area contributed by atoms with Crippen molar-refractivity contribution in [3.8, 4) is 11.3 Å². The maximum Gasteiger partial charge on any atom is 0.416 e. The van der Waals surface area contributed by atoms with Gasteiger partial charge in [0.2, 0.25) is 0 Å². The Balaban J connectivity index is 1.76. The van der Waals surface area contributed by atoms with Crippen molar-refractivity contribution in [3.05, 3.63) is 77.9 Å². The highest BCUT2D eigenvalue weighted by Gasteiger charge is 2.30. The molecule has 0 amide bonds. The van der Waals surface area contributed by atoms with Gasteiger partial charge in [-0.05, 0) is 55.5 Å². The van der Waals surface area contributed by atoms with E-state index in [9.17, 15) is 17.6 Å². The molecule has 4 nitrogen and oxygen atoms in total. The zero-order valence-corrected chi connectivity index (χ0v) is 15.3. The Morgan fingerprint density at radius 2 is 1.76 bits per heavy atom. The number of hydrogen-bond acceptors (Lipinski definition) is 3. The van der Waals surface area contributed by atoms with E-state index in [-0.39, 0.29) is 11.4 Å². The molecule has 29 heavy (non-hydrogen) atoms. The van der Waals surface area contributed by atoms with Crippen LogP contribution in [0.3, 0.4) is 0 Å². The van der Waals surface area contributed by atoms with E-state index >= 15 is 0 Å². The number of nitrogens with zero attached hydrogens (tertiary/aromatic N) is 2. The van der Waals surface area contributed by atoms with Crippen LogP contribution in [0.1, 0.15) is 11.3 Å². The van der Waals surface area contributed by atoms with Crippen molar-refractivity contribution in [1.82, 2.24) is 9.38 Å². The summed E-state index contributed by atoms with van der Waals surface area (Å²) in [6, 6.07) is 13.0. The zero-order valence-electron chi connectivity index (χ0n) is 15.3. The number of anilines is 3. The van der Waals surface area contributed by atoms with Crippen LogP contribution in [-0.4, -0.2) is 9.38 Å². The summed E-state index contributed by atoms with van der Waals surface area (Å²) in [6.45, 7) is 1.84. The monoisotopic (exact) mass is 400 g/mol. The predicted molar refractivity (Wildman–Crippen MR) is 104 cm³/mol. The normalized spacial score (nSPS) is 11.8. The van der Waals surface area contributed by atoms with Gasteiger partial charge in [-0.3, -0.25) is 4.40 Å². The molecule has 0 fully saturated rings. The Hall–Kier alpha value is -3.55. The molecule has 0 atom stereocenters. The van der Waals surface area contributed by atoms with Crippen molar-refractivity contribution in [3.63, 3.8) is 0 Å². The topological polar surface area (TPSA) is 55.4 Å². The summed E-state index contributed by atoms with van der Waals surface area (Å²) in [6.07, 6.45) is -2.60. The summed E-state index contributed by atoms with van der Waals surface area (Å²) < 4.78 is 54.7. The highest BCUT2D eigenvalue weighted by molar-refractivity contribution is 5.77. The Labute approximate surface area is 163 Å². The highest BCUT2D eigenvalue weighted by atomic mass is 19.4. The molecule has 2 heterocycles. The van der Waals surface area contributed by atoms with E-state index in [1.807, 2.05) is 35.7 Å². The summed E-state index contributed by atoms with van der Waals surface area (Å²) in [5.41, 5.74) is 8.23. The fraction of sp³-hybridized carbons (Fsp3) is 0.0952. The third kappa shape index (κ3) is 3.49.